The van der Waals surface area contributed by atoms with E-state index in [2.05, 4.69) is 19.9 Å². The molecule has 0 radical (unpaired) electrons. The maximum atomic E-state index is 11.7. The maximum absolute atomic E-state index is 11.7. The topological polar surface area (TPSA) is 52.6 Å². The van der Waals surface area contributed by atoms with Gasteiger partial charge in [0, 0.05) is 35.8 Å². The van der Waals surface area contributed by atoms with E-state index in [-0.39, 0.29) is 29.4 Å². The van der Waals surface area contributed by atoms with Gasteiger partial charge in [-0.1, -0.05) is 19.9 Å². The van der Waals surface area contributed by atoms with Crippen molar-refractivity contribution >= 4 is 11.9 Å². The predicted octanol–water partition coefficient (Wildman–Crippen LogP) is 3.05. The zero-order valence-corrected chi connectivity index (χ0v) is 12.9. The number of hydrogen-bond acceptors (Lipinski definition) is 4. The van der Waals surface area contributed by atoms with E-state index in [0.717, 1.165) is 12.0 Å². The van der Waals surface area contributed by atoms with Crippen LogP contribution in [0.15, 0.2) is 34.6 Å². The lowest BCUT2D eigenvalue weighted by molar-refractivity contribution is -0.151. The van der Waals surface area contributed by atoms with Crippen molar-refractivity contribution in [2.75, 3.05) is 0 Å². The number of allylic oxidation sites excluding steroid dienone is 3. The molecule has 21 heavy (non-hydrogen) atoms. The number of hydrogen-bond donors (Lipinski definition) is 0. The van der Waals surface area contributed by atoms with Crippen molar-refractivity contribution < 1.29 is 19.1 Å². The van der Waals surface area contributed by atoms with Crippen LogP contribution in [0.5, 0.6) is 0 Å². The lowest BCUT2D eigenvalue weighted by Crippen LogP contribution is -2.42. The highest BCUT2D eigenvalue weighted by atomic mass is 16.5. The molecule has 3 aliphatic rings. The molecule has 2 aliphatic carbocycles. The van der Waals surface area contributed by atoms with Gasteiger partial charge in [0.1, 0.15) is 11.9 Å². The van der Waals surface area contributed by atoms with Gasteiger partial charge >= 0.3 is 11.9 Å². The minimum absolute atomic E-state index is 0.106. The monoisotopic (exact) mass is 288 g/mol. The number of ether oxygens (including phenoxy) is 2. The van der Waals surface area contributed by atoms with Crippen LogP contribution in [-0.2, 0) is 19.1 Å². The third-order valence-electron chi connectivity index (χ3n) is 5.20. The van der Waals surface area contributed by atoms with E-state index < -0.39 is 0 Å². The van der Waals surface area contributed by atoms with E-state index >= 15 is 0 Å². The first-order chi connectivity index (χ1) is 9.83. The van der Waals surface area contributed by atoms with Gasteiger partial charge in [-0.3, -0.25) is 4.79 Å². The first-order valence-electron chi connectivity index (χ1n) is 7.35. The van der Waals surface area contributed by atoms with Crippen molar-refractivity contribution in [1.82, 2.24) is 0 Å². The molecule has 0 aromatic carbocycles. The molecule has 0 N–H and O–H groups in total. The van der Waals surface area contributed by atoms with E-state index in [1.54, 1.807) is 0 Å². The van der Waals surface area contributed by atoms with Crippen molar-refractivity contribution in [2.24, 2.45) is 11.3 Å². The molecule has 0 fully saturated rings. The quantitative estimate of drug-likeness (QED) is 0.696. The van der Waals surface area contributed by atoms with Crippen LogP contribution in [0, 0.1) is 11.3 Å². The second kappa shape index (κ2) is 4.58. The molecule has 0 saturated heterocycles. The van der Waals surface area contributed by atoms with Gasteiger partial charge in [0.25, 0.3) is 0 Å². The van der Waals surface area contributed by atoms with Crippen molar-refractivity contribution in [1.29, 1.82) is 0 Å². The summed E-state index contributed by atoms with van der Waals surface area (Å²) < 4.78 is 10.8. The molecule has 1 aliphatic heterocycles. The number of rotatable bonds is 1. The molecule has 0 unspecified atom stereocenters. The summed E-state index contributed by atoms with van der Waals surface area (Å²) in [6, 6.07) is 0. The summed E-state index contributed by atoms with van der Waals surface area (Å²) in [4.78, 5) is 23.0. The smallest absolute Gasteiger partial charge is 0.339 e. The highest BCUT2D eigenvalue weighted by Gasteiger charge is 2.47. The van der Waals surface area contributed by atoms with Crippen LogP contribution in [0.4, 0.5) is 0 Å². The van der Waals surface area contributed by atoms with E-state index in [4.69, 9.17) is 9.47 Å². The van der Waals surface area contributed by atoms with Gasteiger partial charge in [0.15, 0.2) is 0 Å². The van der Waals surface area contributed by atoms with Gasteiger partial charge in [-0.15, -0.1) is 0 Å². The van der Waals surface area contributed by atoms with Gasteiger partial charge in [0.05, 0.1) is 0 Å². The Balaban J connectivity index is 2.01. The fraction of sp³-hybridized carbons (Fsp3) is 0.529. The molecule has 3 rings (SSSR count). The molecule has 0 spiro atoms. The Morgan fingerprint density at radius 2 is 2.19 bits per heavy atom. The Morgan fingerprint density at radius 3 is 2.86 bits per heavy atom. The van der Waals surface area contributed by atoms with E-state index in [1.165, 1.54) is 12.5 Å². The van der Waals surface area contributed by atoms with Crippen LogP contribution in [0.3, 0.4) is 0 Å². The summed E-state index contributed by atoms with van der Waals surface area (Å²) >= 11 is 0. The van der Waals surface area contributed by atoms with Crippen molar-refractivity contribution in [3.63, 3.8) is 0 Å². The maximum Gasteiger partial charge on any atom is 0.339 e. The molecular formula is C17H20O4. The van der Waals surface area contributed by atoms with E-state index in [0.29, 0.717) is 17.8 Å². The second-order valence-electron chi connectivity index (χ2n) is 6.43. The highest BCUT2D eigenvalue weighted by molar-refractivity contribution is 5.94. The standard InChI is InChI=1S/C17H20O4/c1-9-13-8-17(4)10(2)14(20-11(3)18)6-5-12(17)7-15(13)21-16(9)19/h5,7,10,14H,6,8H2,1-4H3/t10-,14+,17+/m1/s1. The fourth-order valence-corrected chi connectivity index (χ4v) is 3.59. The molecule has 3 atom stereocenters. The highest BCUT2D eigenvalue weighted by Crippen LogP contribution is 2.53. The number of esters is 2. The number of carbonyl (C=O) groups is 2. The zero-order chi connectivity index (χ0) is 15.4. The lowest BCUT2D eigenvalue weighted by atomic mass is 9.60. The Hall–Kier alpha value is -1.84. The van der Waals surface area contributed by atoms with Crippen molar-refractivity contribution in [3.8, 4) is 0 Å². The van der Waals surface area contributed by atoms with E-state index in [9.17, 15) is 9.59 Å². The minimum atomic E-state index is -0.247. The molecule has 0 amide bonds. The molecule has 0 aromatic heterocycles. The average Bonchev–Trinajstić information content (AvgIpc) is 2.67. The molecule has 0 aromatic rings. The van der Waals surface area contributed by atoms with E-state index in [1.807, 2.05) is 13.0 Å². The van der Waals surface area contributed by atoms with Gasteiger partial charge < -0.3 is 9.47 Å². The van der Waals surface area contributed by atoms with Crippen LogP contribution in [0.1, 0.15) is 40.5 Å². The molecular weight excluding hydrogens is 268 g/mol. The Labute approximate surface area is 124 Å². The Morgan fingerprint density at radius 1 is 1.48 bits per heavy atom. The summed E-state index contributed by atoms with van der Waals surface area (Å²) in [6.45, 7) is 7.55. The normalized spacial score (nSPS) is 34.6. The Bertz CT molecular complexity index is 623. The van der Waals surface area contributed by atoms with Gasteiger partial charge in [-0.05, 0) is 25.0 Å². The molecule has 1 heterocycles. The van der Waals surface area contributed by atoms with Crippen LogP contribution in [0.25, 0.3) is 0 Å². The average molecular weight is 288 g/mol. The van der Waals surface area contributed by atoms with Gasteiger partial charge in [-0.2, -0.15) is 0 Å². The summed E-state index contributed by atoms with van der Waals surface area (Å²) in [7, 11) is 0. The van der Waals surface area contributed by atoms with Crippen molar-refractivity contribution in [2.45, 2.75) is 46.6 Å². The summed E-state index contributed by atoms with van der Waals surface area (Å²) in [5.41, 5.74) is 2.74. The molecule has 0 saturated carbocycles. The zero-order valence-electron chi connectivity index (χ0n) is 12.9. The third-order valence-corrected chi connectivity index (χ3v) is 5.20. The molecule has 4 heteroatoms. The van der Waals surface area contributed by atoms with Crippen LogP contribution < -0.4 is 0 Å². The van der Waals surface area contributed by atoms with Crippen LogP contribution >= 0.6 is 0 Å². The first kappa shape index (κ1) is 14.1. The van der Waals surface area contributed by atoms with Gasteiger partial charge in [-0.25, -0.2) is 4.79 Å². The first-order valence-corrected chi connectivity index (χ1v) is 7.35. The molecule has 112 valence electrons. The summed E-state index contributed by atoms with van der Waals surface area (Å²) in [5.74, 6) is 0.395. The minimum Gasteiger partial charge on any atom is -0.462 e. The summed E-state index contributed by atoms with van der Waals surface area (Å²) in [5, 5.41) is 0. The van der Waals surface area contributed by atoms with Crippen molar-refractivity contribution in [3.05, 3.63) is 34.6 Å². The second-order valence-corrected chi connectivity index (χ2v) is 6.43. The lowest BCUT2D eigenvalue weighted by Gasteiger charge is -2.46. The largest absolute Gasteiger partial charge is 0.462 e. The van der Waals surface area contributed by atoms with Crippen LogP contribution in [0.2, 0.25) is 0 Å². The van der Waals surface area contributed by atoms with Gasteiger partial charge in [0.2, 0.25) is 0 Å². The predicted molar refractivity (Wildman–Crippen MR) is 77.0 cm³/mol. The summed E-state index contributed by atoms with van der Waals surface area (Å²) in [6.07, 6.45) is 5.44. The number of carbonyl (C=O) groups excluding carboxylic acids is 2. The molecule has 4 nitrogen and oxygen atoms in total. The fourth-order valence-electron chi connectivity index (χ4n) is 3.59. The SMILES string of the molecule is CC(=O)O[C@H]1CC=C2C=C3OC(=O)C(C)=C3C[C@@]2(C)[C@@H]1C. The Kier molecular flexibility index (Phi) is 3.08. The number of fused-ring (bicyclic) bond motifs is 2. The van der Waals surface area contributed by atoms with Crippen LogP contribution in [-0.4, -0.2) is 18.0 Å². The third kappa shape index (κ3) is 2.04. The molecule has 0 bridgehead atoms.